The molecule has 0 bridgehead atoms. The van der Waals surface area contributed by atoms with Gasteiger partial charge in [0.25, 0.3) is 0 Å². The number of ether oxygens (including phenoxy) is 1. The smallest absolute Gasteiger partial charge is 0.248 e. The maximum atomic E-state index is 11.3. The van der Waals surface area contributed by atoms with Gasteiger partial charge in [0.15, 0.2) is 0 Å². The van der Waals surface area contributed by atoms with Gasteiger partial charge in [-0.1, -0.05) is 0 Å². The molecule has 0 saturated heterocycles. The molecule has 0 fully saturated rings. The molecule has 2 aromatic rings. The highest BCUT2D eigenvalue weighted by molar-refractivity contribution is 9.10. The Hall–Kier alpha value is -1.86. The van der Waals surface area contributed by atoms with Crippen molar-refractivity contribution >= 4 is 21.8 Å². The highest BCUT2D eigenvalue weighted by atomic mass is 79.9. The van der Waals surface area contributed by atoms with Crippen LogP contribution in [0.4, 0.5) is 0 Å². The number of benzene rings is 1. The number of carbonyl (C=O) groups is 1. The largest absolute Gasteiger partial charge is 0.492 e. The molecule has 4 N–H and O–H groups in total. The Morgan fingerprint density at radius 1 is 1.50 bits per heavy atom. The molecule has 1 aromatic carbocycles. The molecule has 1 aromatic heterocycles. The van der Waals surface area contributed by atoms with E-state index in [1.54, 1.807) is 29.1 Å². The Balaban J connectivity index is 2.57. The number of aryl methyl sites for hydroxylation is 1. The molecule has 0 saturated carbocycles. The lowest BCUT2D eigenvalue weighted by molar-refractivity contribution is 0.100. The SMILES string of the molecule is Cn1ncc(Br)c1-c1cc(C(N)=O)ccc1OCCN. The Morgan fingerprint density at radius 3 is 2.80 bits per heavy atom. The normalized spacial score (nSPS) is 10.6. The highest BCUT2D eigenvalue weighted by Gasteiger charge is 2.16. The summed E-state index contributed by atoms with van der Waals surface area (Å²) >= 11 is 3.44. The van der Waals surface area contributed by atoms with Gasteiger partial charge in [-0.05, 0) is 34.1 Å². The lowest BCUT2D eigenvalue weighted by Gasteiger charge is -2.13. The molecule has 0 aliphatic heterocycles. The minimum atomic E-state index is -0.491. The first-order valence-electron chi connectivity index (χ1n) is 5.99. The first kappa shape index (κ1) is 14.5. The molecule has 0 unspecified atom stereocenters. The summed E-state index contributed by atoms with van der Waals surface area (Å²) < 4.78 is 8.11. The van der Waals surface area contributed by atoms with Crippen LogP contribution in [0, 0.1) is 0 Å². The van der Waals surface area contributed by atoms with Crippen LogP contribution in [0.2, 0.25) is 0 Å². The van der Waals surface area contributed by atoms with Gasteiger partial charge < -0.3 is 16.2 Å². The van der Waals surface area contributed by atoms with Crippen molar-refractivity contribution in [3.63, 3.8) is 0 Å². The maximum Gasteiger partial charge on any atom is 0.248 e. The van der Waals surface area contributed by atoms with E-state index in [2.05, 4.69) is 21.0 Å². The van der Waals surface area contributed by atoms with Crippen LogP contribution in [0.25, 0.3) is 11.3 Å². The first-order valence-corrected chi connectivity index (χ1v) is 6.78. The zero-order valence-corrected chi connectivity index (χ0v) is 12.6. The highest BCUT2D eigenvalue weighted by Crippen LogP contribution is 2.35. The summed E-state index contributed by atoms with van der Waals surface area (Å²) in [6.07, 6.45) is 1.68. The number of amides is 1. The van der Waals surface area contributed by atoms with Gasteiger partial charge in [0.1, 0.15) is 12.4 Å². The molecule has 20 heavy (non-hydrogen) atoms. The van der Waals surface area contributed by atoms with Crippen LogP contribution in [-0.2, 0) is 7.05 Å². The van der Waals surface area contributed by atoms with E-state index in [0.717, 1.165) is 15.7 Å². The van der Waals surface area contributed by atoms with E-state index in [1.165, 1.54) is 0 Å². The second-order valence-electron chi connectivity index (χ2n) is 4.18. The van der Waals surface area contributed by atoms with Crippen molar-refractivity contribution in [1.29, 1.82) is 0 Å². The van der Waals surface area contributed by atoms with E-state index in [9.17, 15) is 4.79 Å². The number of nitrogens with zero attached hydrogens (tertiary/aromatic N) is 2. The van der Waals surface area contributed by atoms with Gasteiger partial charge >= 0.3 is 0 Å². The molecule has 0 atom stereocenters. The lowest BCUT2D eigenvalue weighted by atomic mass is 10.1. The summed E-state index contributed by atoms with van der Waals surface area (Å²) in [7, 11) is 1.81. The molecule has 1 amide bonds. The third-order valence-electron chi connectivity index (χ3n) is 2.79. The Morgan fingerprint density at radius 2 is 2.25 bits per heavy atom. The minimum Gasteiger partial charge on any atom is -0.492 e. The van der Waals surface area contributed by atoms with Gasteiger partial charge in [-0.2, -0.15) is 5.10 Å². The predicted molar refractivity (Wildman–Crippen MR) is 79.4 cm³/mol. The van der Waals surface area contributed by atoms with Crippen LogP contribution < -0.4 is 16.2 Å². The molecule has 1 heterocycles. The molecule has 2 rings (SSSR count). The number of hydrogen-bond donors (Lipinski definition) is 2. The average Bonchev–Trinajstić information content (AvgIpc) is 2.75. The number of nitrogens with two attached hydrogens (primary N) is 2. The van der Waals surface area contributed by atoms with Gasteiger partial charge in [-0.3, -0.25) is 9.48 Å². The topological polar surface area (TPSA) is 96.2 Å². The standard InChI is InChI=1S/C13H15BrN4O2/c1-18-12(10(14)7-17-18)9-6-8(13(16)19)2-3-11(9)20-5-4-15/h2-3,6-7H,4-5,15H2,1H3,(H2,16,19). The van der Waals surface area contributed by atoms with Crippen molar-refractivity contribution in [3.05, 3.63) is 34.4 Å². The average molecular weight is 339 g/mol. The van der Waals surface area contributed by atoms with Crippen LogP contribution in [0.15, 0.2) is 28.9 Å². The van der Waals surface area contributed by atoms with E-state index in [4.69, 9.17) is 16.2 Å². The Labute approximate surface area is 124 Å². The van der Waals surface area contributed by atoms with Crippen molar-refractivity contribution < 1.29 is 9.53 Å². The molecule has 0 spiro atoms. The van der Waals surface area contributed by atoms with Crippen LogP contribution in [-0.4, -0.2) is 28.8 Å². The predicted octanol–water partition coefficient (Wildman–Crippen LogP) is 1.29. The van der Waals surface area contributed by atoms with Gasteiger partial charge in [0.05, 0.1) is 16.4 Å². The number of halogens is 1. The van der Waals surface area contributed by atoms with Gasteiger partial charge in [0, 0.05) is 24.7 Å². The fourth-order valence-electron chi connectivity index (χ4n) is 1.88. The molecular formula is C13H15BrN4O2. The molecule has 0 aliphatic carbocycles. The summed E-state index contributed by atoms with van der Waals surface area (Å²) in [6.45, 7) is 0.794. The number of rotatable bonds is 5. The van der Waals surface area contributed by atoms with Gasteiger partial charge in [0.2, 0.25) is 5.91 Å². The third-order valence-corrected chi connectivity index (χ3v) is 3.37. The van der Waals surface area contributed by atoms with E-state index in [0.29, 0.717) is 24.5 Å². The number of carbonyl (C=O) groups excluding carboxylic acids is 1. The second kappa shape index (κ2) is 6.06. The lowest BCUT2D eigenvalue weighted by Crippen LogP contribution is -2.13. The van der Waals surface area contributed by atoms with E-state index < -0.39 is 5.91 Å². The molecule has 106 valence electrons. The summed E-state index contributed by atoms with van der Waals surface area (Å²) in [4.78, 5) is 11.3. The van der Waals surface area contributed by atoms with E-state index in [1.807, 2.05) is 7.05 Å². The van der Waals surface area contributed by atoms with Crippen LogP contribution in [0.3, 0.4) is 0 Å². The summed E-state index contributed by atoms with van der Waals surface area (Å²) in [5, 5.41) is 4.16. The van der Waals surface area contributed by atoms with Crippen LogP contribution in [0.5, 0.6) is 5.75 Å². The number of aromatic nitrogens is 2. The maximum absolute atomic E-state index is 11.3. The molecule has 6 nitrogen and oxygen atoms in total. The fraction of sp³-hybridized carbons (Fsp3) is 0.231. The van der Waals surface area contributed by atoms with Crippen LogP contribution >= 0.6 is 15.9 Å². The molecule has 0 radical (unpaired) electrons. The van der Waals surface area contributed by atoms with Crippen molar-refractivity contribution in [1.82, 2.24) is 9.78 Å². The summed E-state index contributed by atoms with van der Waals surface area (Å²) in [6, 6.07) is 5.03. The first-order chi connectivity index (χ1) is 9.54. The summed E-state index contributed by atoms with van der Waals surface area (Å²) in [5.41, 5.74) is 12.7. The molecule has 7 heteroatoms. The quantitative estimate of drug-likeness (QED) is 0.858. The van der Waals surface area contributed by atoms with Crippen molar-refractivity contribution in [2.45, 2.75) is 0 Å². The summed E-state index contributed by atoms with van der Waals surface area (Å²) in [5.74, 6) is 0.139. The third kappa shape index (κ3) is 2.83. The van der Waals surface area contributed by atoms with Crippen molar-refractivity contribution in [3.8, 4) is 17.0 Å². The monoisotopic (exact) mass is 338 g/mol. The molecule has 0 aliphatic rings. The number of primary amides is 1. The van der Waals surface area contributed by atoms with Gasteiger partial charge in [-0.15, -0.1) is 0 Å². The Bertz CT molecular complexity index is 620. The molecular weight excluding hydrogens is 324 g/mol. The van der Waals surface area contributed by atoms with Crippen LogP contribution in [0.1, 0.15) is 10.4 Å². The van der Waals surface area contributed by atoms with E-state index in [-0.39, 0.29) is 0 Å². The number of hydrogen-bond acceptors (Lipinski definition) is 4. The van der Waals surface area contributed by atoms with Crippen molar-refractivity contribution in [2.24, 2.45) is 18.5 Å². The Kier molecular flexibility index (Phi) is 4.41. The second-order valence-corrected chi connectivity index (χ2v) is 5.03. The fourth-order valence-corrected chi connectivity index (χ4v) is 2.44. The van der Waals surface area contributed by atoms with E-state index >= 15 is 0 Å². The minimum absolute atomic E-state index is 0.387. The zero-order valence-electron chi connectivity index (χ0n) is 11.0. The van der Waals surface area contributed by atoms with Crippen molar-refractivity contribution in [2.75, 3.05) is 13.2 Å². The van der Waals surface area contributed by atoms with Gasteiger partial charge in [-0.25, -0.2) is 0 Å². The zero-order chi connectivity index (χ0) is 14.7.